The highest BCUT2D eigenvalue weighted by molar-refractivity contribution is 7.88. The van der Waals surface area contributed by atoms with Crippen molar-refractivity contribution in [2.24, 2.45) is 0 Å². The SMILES string of the molecule is CN(CC(=O)N[C@H]1CCCc2ccccc21)S(=O)(=O)Cc1ccc(C#N)cc1. The molecule has 0 unspecified atom stereocenters. The molecule has 0 aliphatic heterocycles. The van der Waals surface area contributed by atoms with Crippen molar-refractivity contribution in [2.45, 2.75) is 31.1 Å². The number of nitrogens with one attached hydrogen (secondary N) is 1. The van der Waals surface area contributed by atoms with Crippen LogP contribution in [0.3, 0.4) is 0 Å². The summed E-state index contributed by atoms with van der Waals surface area (Å²) in [6.07, 6.45) is 2.85. The summed E-state index contributed by atoms with van der Waals surface area (Å²) in [4.78, 5) is 12.5. The van der Waals surface area contributed by atoms with Crippen LogP contribution in [-0.4, -0.2) is 32.2 Å². The summed E-state index contributed by atoms with van der Waals surface area (Å²) >= 11 is 0. The zero-order chi connectivity index (χ0) is 20.1. The maximum Gasteiger partial charge on any atom is 0.235 e. The third-order valence-electron chi connectivity index (χ3n) is 4.98. The highest BCUT2D eigenvalue weighted by atomic mass is 32.2. The second-order valence-corrected chi connectivity index (χ2v) is 9.11. The van der Waals surface area contributed by atoms with Gasteiger partial charge in [-0.1, -0.05) is 36.4 Å². The van der Waals surface area contributed by atoms with Crippen molar-refractivity contribution in [3.8, 4) is 6.07 Å². The van der Waals surface area contributed by atoms with Gasteiger partial charge in [0.1, 0.15) is 0 Å². The molecular formula is C21H23N3O3S. The van der Waals surface area contributed by atoms with Crippen molar-refractivity contribution in [1.29, 1.82) is 5.26 Å². The van der Waals surface area contributed by atoms with Crippen molar-refractivity contribution >= 4 is 15.9 Å². The molecule has 6 nitrogen and oxygen atoms in total. The summed E-state index contributed by atoms with van der Waals surface area (Å²) in [6, 6.07) is 16.4. The number of rotatable bonds is 6. The molecular weight excluding hydrogens is 374 g/mol. The third kappa shape index (κ3) is 4.77. The lowest BCUT2D eigenvalue weighted by Crippen LogP contribution is -2.40. The molecule has 0 aromatic heterocycles. The molecule has 0 saturated carbocycles. The minimum atomic E-state index is -3.64. The van der Waals surface area contributed by atoms with Gasteiger partial charge in [0.2, 0.25) is 15.9 Å². The highest BCUT2D eigenvalue weighted by Gasteiger charge is 2.25. The number of sulfonamides is 1. The first-order valence-electron chi connectivity index (χ1n) is 9.19. The molecule has 7 heteroatoms. The van der Waals surface area contributed by atoms with E-state index in [1.807, 2.05) is 24.3 Å². The number of carbonyl (C=O) groups excluding carboxylic acids is 1. The topological polar surface area (TPSA) is 90.3 Å². The molecule has 0 spiro atoms. The molecule has 1 N–H and O–H groups in total. The van der Waals surface area contributed by atoms with Crippen LogP contribution in [-0.2, 0) is 27.0 Å². The van der Waals surface area contributed by atoms with Crippen LogP contribution >= 0.6 is 0 Å². The first-order chi connectivity index (χ1) is 13.4. The number of benzene rings is 2. The first-order valence-corrected chi connectivity index (χ1v) is 10.8. The van der Waals surface area contributed by atoms with Gasteiger partial charge in [0.25, 0.3) is 0 Å². The maximum atomic E-state index is 12.6. The number of carbonyl (C=O) groups is 1. The normalized spacial score (nSPS) is 16.2. The molecule has 0 saturated heterocycles. The van der Waals surface area contributed by atoms with Crippen molar-refractivity contribution in [3.63, 3.8) is 0 Å². The summed E-state index contributed by atoms with van der Waals surface area (Å²) in [6.45, 7) is -0.225. The van der Waals surface area contributed by atoms with Gasteiger partial charge in [0, 0.05) is 7.05 Å². The quantitative estimate of drug-likeness (QED) is 0.811. The summed E-state index contributed by atoms with van der Waals surface area (Å²) in [5.41, 5.74) is 3.40. The second-order valence-electron chi connectivity index (χ2n) is 7.03. The molecule has 2 aromatic rings. The molecule has 0 radical (unpaired) electrons. The Kier molecular flexibility index (Phi) is 6.12. The Balaban J connectivity index is 1.61. The van der Waals surface area contributed by atoms with Crippen LogP contribution in [0, 0.1) is 11.3 Å². The highest BCUT2D eigenvalue weighted by Crippen LogP contribution is 2.29. The van der Waals surface area contributed by atoms with Gasteiger partial charge >= 0.3 is 0 Å². The van der Waals surface area contributed by atoms with Crippen LogP contribution in [0.4, 0.5) is 0 Å². The molecule has 2 aromatic carbocycles. The fourth-order valence-corrected chi connectivity index (χ4v) is 4.59. The van der Waals surface area contributed by atoms with Gasteiger partial charge in [-0.05, 0) is 48.1 Å². The van der Waals surface area contributed by atoms with E-state index in [0.29, 0.717) is 11.1 Å². The van der Waals surface area contributed by atoms with Gasteiger partial charge < -0.3 is 5.32 Å². The fourth-order valence-electron chi connectivity index (χ4n) is 3.44. The van der Waals surface area contributed by atoms with E-state index in [2.05, 4.69) is 11.4 Å². The Labute approximate surface area is 165 Å². The van der Waals surface area contributed by atoms with E-state index in [9.17, 15) is 13.2 Å². The van der Waals surface area contributed by atoms with Gasteiger partial charge in [-0.25, -0.2) is 8.42 Å². The van der Waals surface area contributed by atoms with Gasteiger partial charge in [-0.2, -0.15) is 9.57 Å². The molecule has 0 heterocycles. The molecule has 3 rings (SSSR count). The van der Waals surface area contributed by atoms with Gasteiger partial charge in [-0.15, -0.1) is 0 Å². The van der Waals surface area contributed by atoms with Gasteiger partial charge in [-0.3, -0.25) is 4.79 Å². The van der Waals surface area contributed by atoms with Gasteiger partial charge in [0.05, 0.1) is 30.0 Å². The molecule has 1 aliphatic rings. The smallest absolute Gasteiger partial charge is 0.235 e. The van der Waals surface area contributed by atoms with E-state index in [1.165, 1.54) is 12.6 Å². The van der Waals surface area contributed by atoms with E-state index in [1.54, 1.807) is 24.3 Å². The molecule has 1 aliphatic carbocycles. The van der Waals surface area contributed by atoms with Gasteiger partial charge in [0.15, 0.2) is 0 Å². The van der Waals surface area contributed by atoms with Crippen LogP contribution in [0.5, 0.6) is 0 Å². The summed E-state index contributed by atoms with van der Waals surface area (Å²) in [5.74, 6) is -0.526. The number of nitrogens with zero attached hydrogens (tertiary/aromatic N) is 2. The lowest BCUT2D eigenvalue weighted by atomic mass is 9.88. The van der Waals surface area contributed by atoms with E-state index >= 15 is 0 Å². The minimum absolute atomic E-state index is 0.0768. The number of hydrogen-bond donors (Lipinski definition) is 1. The monoisotopic (exact) mass is 397 g/mol. The van der Waals surface area contributed by atoms with Crippen LogP contribution < -0.4 is 5.32 Å². The maximum absolute atomic E-state index is 12.6. The Morgan fingerprint density at radius 1 is 1.21 bits per heavy atom. The minimum Gasteiger partial charge on any atom is -0.348 e. The predicted octanol–water partition coefficient (Wildman–Crippen LogP) is 2.51. The van der Waals surface area contributed by atoms with Crippen molar-refractivity contribution in [3.05, 3.63) is 70.8 Å². The number of amides is 1. The summed E-state index contributed by atoms with van der Waals surface area (Å²) < 4.78 is 26.2. The molecule has 1 amide bonds. The average Bonchev–Trinajstić information content (AvgIpc) is 2.68. The Morgan fingerprint density at radius 3 is 2.64 bits per heavy atom. The van der Waals surface area contributed by atoms with Crippen LogP contribution in [0.25, 0.3) is 0 Å². The summed E-state index contributed by atoms with van der Waals surface area (Å²) in [7, 11) is -2.23. The van der Waals surface area contributed by atoms with E-state index in [4.69, 9.17) is 5.26 Å². The number of fused-ring (bicyclic) bond motifs is 1. The Bertz CT molecular complexity index is 994. The standard InChI is InChI=1S/C21H23N3O3S/c1-24(28(26,27)15-17-11-9-16(13-22)10-12-17)14-21(25)23-20-8-4-6-18-5-2-3-7-19(18)20/h2-3,5,7,9-12,20H,4,6,8,14-15H2,1H3,(H,23,25)/t20-/m0/s1. The van der Waals surface area contributed by atoms with Crippen molar-refractivity contribution in [2.75, 3.05) is 13.6 Å². The zero-order valence-corrected chi connectivity index (χ0v) is 16.6. The number of likely N-dealkylation sites (N-methyl/N-ethyl adjacent to an activating group) is 1. The third-order valence-corrected chi connectivity index (χ3v) is 6.75. The Hall–Kier alpha value is -2.69. The van der Waals surface area contributed by atoms with E-state index in [-0.39, 0.29) is 24.2 Å². The average molecular weight is 398 g/mol. The largest absolute Gasteiger partial charge is 0.348 e. The molecule has 28 heavy (non-hydrogen) atoms. The summed E-state index contributed by atoms with van der Waals surface area (Å²) in [5, 5.41) is 11.8. The molecule has 146 valence electrons. The number of nitriles is 1. The fraction of sp³-hybridized carbons (Fsp3) is 0.333. The first kappa shape index (κ1) is 20.1. The lowest BCUT2D eigenvalue weighted by Gasteiger charge is -2.27. The zero-order valence-electron chi connectivity index (χ0n) is 15.8. The van der Waals surface area contributed by atoms with E-state index < -0.39 is 10.0 Å². The van der Waals surface area contributed by atoms with Crippen LogP contribution in [0.15, 0.2) is 48.5 Å². The number of hydrogen-bond acceptors (Lipinski definition) is 4. The number of aryl methyl sites for hydroxylation is 1. The van der Waals surface area contributed by atoms with Crippen molar-refractivity contribution < 1.29 is 13.2 Å². The Morgan fingerprint density at radius 2 is 1.93 bits per heavy atom. The lowest BCUT2D eigenvalue weighted by molar-refractivity contribution is -0.122. The molecule has 1 atom stereocenters. The predicted molar refractivity (Wildman–Crippen MR) is 107 cm³/mol. The molecule has 0 bridgehead atoms. The molecule has 0 fully saturated rings. The van der Waals surface area contributed by atoms with E-state index in [0.717, 1.165) is 29.1 Å². The van der Waals surface area contributed by atoms with Crippen LogP contribution in [0.2, 0.25) is 0 Å². The van der Waals surface area contributed by atoms with Crippen LogP contribution in [0.1, 0.15) is 41.1 Å². The second kappa shape index (κ2) is 8.55. The van der Waals surface area contributed by atoms with Crippen molar-refractivity contribution in [1.82, 2.24) is 9.62 Å².